The highest BCUT2D eigenvalue weighted by molar-refractivity contribution is 5.76. The second-order valence-corrected chi connectivity index (χ2v) is 8.51. The maximum atomic E-state index is 13.9. The van der Waals surface area contributed by atoms with Gasteiger partial charge < -0.3 is 9.80 Å². The topological polar surface area (TPSA) is 54.3 Å². The molecule has 4 aromatic rings. The molecule has 0 bridgehead atoms. The number of rotatable bonds is 6. The Hall–Kier alpha value is -3.65. The fraction of sp³-hybridized carbons (Fsp3) is 0.269. The SMILES string of the molecule is O=c1c2ccccc2ncn1C1CCN(CCN(c2cc(F)cc(F)c2)c2ccccn2)CC1. The first-order chi connectivity index (χ1) is 16.6. The van der Waals surface area contributed by atoms with E-state index in [2.05, 4.69) is 14.9 Å². The molecule has 3 heterocycles. The number of halogens is 2. The van der Waals surface area contributed by atoms with Gasteiger partial charge in [0.05, 0.1) is 17.2 Å². The summed E-state index contributed by atoms with van der Waals surface area (Å²) in [5.41, 5.74) is 1.14. The van der Waals surface area contributed by atoms with Crippen LogP contribution in [0.4, 0.5) is 20.3 Å². The highest BCUT2D eigenvalue weighted by atomic mass is 19.1. The first-order valence-electron chi connectivity index (χ1n) is 11.4. The zero-order valence-corrected chi connectivity index (χ0v) is 18.6. The molecule has 1 aliphatic heterocycles. The molecule has 1 fully saturated rings. The summed E-state index contributed by atoms with van der Waals surface area (Å²) in [4.78, 5) is 25.9. The number of nitrogens with zero attached hydrogens (tertiary/aromatic N) is 5. The van der Waals surface area contributed by atoms with E-state index in [0.29, 0.717) is 35.5 Å². The van der Waals surface area contributed by atoms with E-state index in [1.165, 1.54) is 12.1 Å². The highest BCUT2D eigenvalue weighted by Gasteiger charge is 2.23. The van der Waals surface area contributed by atoms with Crippen molar-refractivity contribution in [1.29, 1.82) is 0 Å². The second-order valence-electron chi connectivity index (χ2n) is 8.51. The van der Waals surface area contributed by atoms with E-state index in [0.717, 1.165) is 32.0 Å². The minimum absolute atomic E-state index is 0.00138. The summed E-state index contributed by atoms with van der Waals surface area (Å²) >= 11 is 0. The zero-order valence-electron chi connectivity index (χ0n) is 18.6. The predicted molar refractivity (Wildman–Crippen MR) is 128 cm³/mol. The lowest BCUT2D eigenvalue weighted by molar-refractivity contribution is 0.188. The summed E-state index contributed by atoms with van der Waals surface area (Å²) < 4.78 is 29.6. The Kier molecular flexibility index (Phi) is 6.31. The van der Waals surface area contributed by atoms with Gasteiger partial charge in [0.2, 0.25) is 0 Å². The maximum absolute atomic E-state index is 13.9. The number of fused-ring (bicyclic) bond motifs is 1. The number of pyridine rings is 1. The summed E-state index contributed by atoms with van der Waals surface area (Å²) in [6.45, 7) is 2.86. The first kappa shape index (κ1) is 22.2. The maximum Gasteiger partial charge on any atom is 0.261 e. The third-order valence-electron chi connectivity index (χ3n) is 6.37. The normalized spacial score (nSPS) is 15.0. The zero-order chi connectivity index (χ0) is 23.5. The lowest BCUT2D eigenvalue weighted by Gasteiger charge is -2.34. The van der Waals surface area contributed by atoms with Gasteiger partial charge >= 0.3 is 0 Å². The van der Waals surface area contributed by atoms with Gasteiger partial charge in [-0.3, -0.25) is 9.36 Å². The van der Waals surface area contributed by atoms with E-state index >= 15 is 0 Å². The monoisotopic (exact) mass is 461 g/mol. The van der Waals surface area contributed by atoms with Crippen LogP contribution >= 0.6 is 0 Å². The summed E-state index contributed by atoms with van der Waals surface area (Å²) in [6.07, 6.45) is 4.99. The van der Waals surface area contributed by atoms with Crippen LogP contribution in [0.1, 0.15) is 18.9 Å². The Morgan fingerprint density at radius 3 is 2.41 bits per heavy atom. The van der Waals surface area contributed by atoms with Crippen molar-refractivity contribution in [2.24, 2.45) is 0 Å². The number of piperidine rings is 1. The fourth-order valence-electron chi connectivity index (χ4n) is 4.59. The number of para-hydroxylation sites is 1. The lowest BCUT2D eigenvalue weighted by atomic mass is 10.0. The molecule has 0 N–H and O–H groups in total. The van der Waals surface area contributed by atoms with E-state index in [1.807, 2.05) is 47.4 Å². The fourth-order valence-corrected chi connectivity index (χ4v) is 4.59. The summed E-state index contributed by atoms with van der Waals surface area (Å²) in [7, 11) is 0. The van der Waals surface area contributed by atoms with Crippen LogP contribution in [-0.4, -0.2) is 45.6 Å². The molecule has 34 heavy (non-hydrogen) atoms. The van der Waals surface area contributed by atoms with Crippen LogP contribution in [0.3, 0.4) is 0 Å². The Morgan fingerprint density at radius 2 is 1.68 bits per heavy atom. The molecule has 0 aliphatic carbocycles. The Balaban J connectivity index is 1.27. The number of benzene rings is 2. The molecule has 8 heteroatoms. The van der Waals surface area contributed by atoms with Crippen LogP contribution in [0.2, 0.25) is 0 Å². The summed E-state index contributed by atoms with van der Waals surface area (Å²) in [5, 5.41) is 0.640. The first-order valence-corrected chi connectivity index (χ1v) is 11.4. The van der Waals surface area contributed by atoms with Gasteiger partial charge in [-0.1, -0.05) is 18.2 Å². The molecule has 2 aromatic carbocycles. The van der Waals surface area contributed by atoms with Gasteiger partial charge in [-0.2, -0.15) is 0 Å². The van der Waals surface area contributed by atoms with Crippen molar-refractivity contribution in [3.63, 3.8) is 0 Å². The molecular formula is C26H25F2N5O. The molecule has 6 nitrogen and oxygen atoms in total. The molecule has 2 aromatic heterocycles. The third kappa shape index (κ3) is 4.68. The smallest absolute Gasteiger partial charge is 0.261 e. The van der Waals surface area contributed by atoms with Crippen LogP contribution in [-0.2, 0) is 0 Å². The molecule has 1 aliphatic rings. The van der Waals surface area contributed by atoms with Gasteiger partial charge in [-0.15, -0.1) is 0 Å². The van der Waals surface area contributed by atoms with Gasteiger partial charge in [0.15, 0.2) is 0 Å². The summed E-state index contributed by atoms with van der Waals surface area (Å²) in [6, 6.07) is 16.5. The number of aromatic nitrogens is 3. The van der Waals surface area contributed by atoms with Crippen LogP contribution < -0.4 is 10.5 Å². The van der Waals surface area contributed by atoms with Crippen molar-refractivity contribution in [2.75, 3.05) is 31.1 Å². The molecule has 0 spiro atoms. The van der Waals surface area contributed by atoms with E-state index < -0.39 is 11.6 Å². The molecule has 0 saturated carbocycles. The molecule has 0 amide bonds. The average Bonchev–Trinajstić information content (AvgIpc) is 2.85. The molecule has 0 radical (unpaired) electrons. The van der Waals surface area contributed by atoms with E-state index in [1.54, 1.807) is 17.1 Å². The van der Waals surface area contributed by atoms with Crippen molar-refractivity contribution < 1.29 is 8.78 Å². The summed E-state index contributed by atoms with van der Waals surface area (Å²) in [5.74, 6) is -0.603. The second kappa shape index (κ2) is 9.69. The van der Waals surface area contributed by atoms with Gasteiger partial charge in [0, 0.05) is 50.2 Å². The Morgan fingerprint density at radius 1 is 0.941 bits per heavy atom. The van der Waals surface area contributed by atoms with Crippen molar-refractivity contribution in [3.05, 3.63) is 95.2 Å². The standard InChI is InChI=1S/C26H25F2N5O/c27-19-15-20(28)17-22(16-19)32(25-7-3-4-10-29-25)14-13-31-11-8-21(9-12-31)33-18-30-24-6-2-1-5-23(24)26(33)34/h1-7,10,15-18,21H,8-9,11-14H2. The van der Waals surface area contributed by atoms with Gasteiger partial charge in [-0.25, -0.2) is 18.7 Å². The van der Waals surface area contributed by atoms with E-state index in [9.17, 15) is 13.6 Å². The van der Waals surface area contributed by atoms with Crippen LogP contribution in [0.25, 0.3) is 10.9 Å². The van der Waals surface area contributed by atoms with Gasteiger partial charge in [-0.05, 0) is 49.2 Å². The number of hydrogen-bond acceptors (Lipinski definition) is 5. The van der Waals surface area contributed by atoms with Crippen LogP contribution in [0.15, 0.2) is 78.0 Å². The van der Waals surface area contributed by atoms with Crippen LogP contribution in [0.5, 0.6) is 0 Å². The minimum Gasteiger partial charge on any atom is -0.325 e. The molecule has 0 unspecified atom stereocenters. The third-order valence-corrected chi connectivity index (χ3v) is 6.37. The van der Waals surface area contributed by atoms with Gasteiger partial charge in [0.1, 0.15) is 17.5 Å². The Labute approximate surface area is 196 Å². The van der Waals surface area contributed by atoms with Crippen molar-refractivity contribution in [1.82, 2.24) is 19.4 Å². The van der Waals surface area contributed by atoms with Crippen molar-refractivity contribution in [3.8, 4) is 0 Å². The largest absolute Gasteiger partial charge is 0.325 e. The molecular weight excluding hydrogens is 436 g/mol. The molecule has 1 saturated heterocycles. The number of hydrogen-bond donors (Lipinski definition) is 0. The quantitative estimate of drug-likeness (QED) is 0.422. The molecule has 174 valence electrons. The van der Waals surface area contributed by atoms with Crippen molar-refractivity contribution in [2.45, 2.75) is 18.9 Å². The number of anilines is 2. The average molecular weight is 462 g/mol. The molecule has 0 atom stereocenters. The van der Waals surface area contributed by atoms with Crippen molar-refractivity contribution >= 4 is 22.4 Å². The highest BCUT2D eigenvalue weighted by Crippen LogP contribution is 2.26. The van der Waals surface area contributed by atoms with Crippen LogP contribution in [0, 0.1) is 11.6 Å². The minimum atomic E-state index is -0.619. The lowest BCUT2D eigenvalue weighted by Crippen LogP contribution is -2.41. The van der Waals surface area contributed by atoms with E-state index in [-0.39, 0.29) is 11.6 Å². The molecule has 5 rings (SSSR count). The van der Waals surface area contributed by atoms with Gasteiger partial charge in [0.25, 0.3) is 5.56 Å². The Bertz CT molecular complexity index is 1320. The number of likely N-dealkylation sites (tertiary alicyclic amines) is 1. The van der Waals surface area contributed by atoms with E-state index in [4.69, 9.17) is 0 Å². The predicted octanol–water partition coefficient (Wildman–Crippen LogP) is 4.54.